The van der Waals surface area contributed by atoms with Crippen LogP contribution in [0.25, 0.3) is 10.9 Å². The molecular weight excluding hydrogens is 407 g/mol. The van der Waals surface area contributed by atoms with Crippen molar-refractivity contribution in [1.82, 2.24) is 14.1 Å². The number of nitrogens with zero attached hydrogens (tertiary/aromatic N) is 2. The fourth-order valence-electron chi connectivity index (χ4n) is 2.87. The molecule has 11 heteroatoms. The first-order chi connectivity index (χ1) is 14.2. The fourth-order valence-corrected chi connectivity index (χ4v) is 2.87. The van der Waals surface area contributed by atoms with Crippen molar-refractivity contribution >= 4 is 16.9 Å². The van der Waals surface area contributed by atoms with Gasteiger partial charge in [-0.15, -0.1) is 0 Å². The number of hydrogen-bond donors (Lipinski definition) is 1. The Hall–Kier alpha value is -3.63. The predicted octanol–water partition coefficient (Wildman–Crippen LogP) is 1.50. The SMILES string of the molecule is O=C(Cn1cccc(C(F)(F)F)c1=O)OCCCn1c(=O)[nH]c2ccccc2c1=O. The number of nitrogens with one attached hydrogen (secondary N) is 1. The van der Waals surface area contributed by atoms with Crippen LogP contribution in [0.5, 0.6) is 0 Å². The summed E-state index contributed by atoms with van der Waals surface area (Å²) < 4.78 is 44.7. The van der Waals surface area contributed by atoms with Crippen LogP contribution in [0.4, 0.5) is 13.2 Å². The Morgan fingerprint density at radius 2 is 1.77 bits per heavy atom. The summed E-state index contributed by atoms with van der Waals surface area (Å²) in [4.78, 5) is 50.6. The molecule has 1 aromatic carbocycles. The molecule has 1 N–H and O–H groups in total. The zero-order valence-corrected chi connectivity index (χ0v) is 15.4. The minimum Gasteiger partial charge on any atom is -0.464 e. The Labute approximate surface area is 166 Å². The predicted molar refractivity (Wildman–Crippen MR) is 100 cm³/mol. The molecule has 0 bridgehead atoms. The Balaban J connectivity index is 1.60. The van der Waals surface area contributed by atoms with Gasteiger partial charge in [-0.1, -0.05) is 12.1 Å². The fraction of sp³-hybridized carbons (Fsp3) is 0.263. The highest BCUT2D eigenvalue weighted by atomic mass is 19.4. The normalized spacial score (nSPS) is 11.6. The average Bonchev–Trinajstić information content (AvgIpc) is 2.68. The van der Waals surface area contributed by atoms with Crippen LogP contribution in [0.15, 0.2) is 57.0 Å². The van der Waals surface area contributed by atoms with E-state index in [1.54, 1.807) is 24.3 Å². The van der Waals surface area contributed by atoms with Gasteiger partial charge in [-0.3, -0.25) is 19.0 Å². The molecule has 0 atom stereocenters. The van der Waals surface area contributed by atoms with Gasteiger partial charge in [0.25, 0.3) is 11.1 Å². The molecule has 0 saturated carbocycles. The van der Waals surface area contributed by atoms with Crippen LogP contribution in [0.3, 0.4) is 0 Å². The van der Waals surface area contributed by atoms with E-state index in [1.165, 1.54) is 0 Å². The number of ether oxygens (including phenoxy) is 1. The summed E-state index contributed by atoms with van der Waals surface area (Å²) >= 11 is 0. The van der Waals surface area contributed by atoms with Crippen molar-refractivity contribution in [2.75, 3.05) is 6.61 Å². The van der Waals surface area contributed by atoms with Crippen molar-refractivity contribution in [1.29, 1.82) is 0 Å². The van der Waals surface area contributed by atoms with E-state index in [0.717, 1.165) is 16.8 Å². The van der Waals surface area contributed by atoms with E-state index in [0.29, 0.717) is 21.5 Å². The number of alkyl halides is 3. The molecule has 8 nitrogen and oxygen atoms in total. The number of halogens is 3. The summed E-state index contributed by atoms with van der Waals surface area (Å²) in [5.74, 6) is -0.920. The third-order valence-corrected chi connectivity index (χ3v) is 4.30. The number of fused-ring (bicyclic) bond motifs is 1. The number of para-hydroxylation sites is 1. The summed E-state index contributed by atoms with van der Waals surface area (Å²) in [6.07, 6.45) is -3.66. The van der Waals surface area contributed by atoms with Gasteiger partial charge in [-0.2, -0.15) is 13.2 Å². The number of carbonyl (C=O) groups excluding carboxylic acids is 1. The first-order valence-corrected chi connectivity index (χ1v) is 8.82. The molecule has 158 valence electrons. The number of H-pyrrole nitrogens is 1. The van der Waals surface area contributed by atoms with Gasteiger partial charge in [0.15, 0.2) is 0 Å². The van der Waals surface area contributed by atoms with Gasteiger partial charge < -0.3 is 14.3 Å². The maximum absolute atomic E-state index is 12.8. The highest BCUT2D eigenvalue weighted by molar-refractivity contribution is 5.76. The highest BCUT2D eigenvalue weighted by Gasteiger charge is 2.34. The van der Waals surface area contributed by atoms with E-state index >= 15 is 0 Å². The van der Waals surface area contributed by atoms with Crippen molar-refractivity contribution in [2.45, 2.75) is 25.7 Å². The van der Waals surface area contributed by atoms with Gasteiger partial charge in [0.2, 0.25) is 0 Å². The number of benzene rings is 1. The number of carbonyl (C=O) groups is 1. The summed E-state index contributed by atoms with van der Waals surface area (Å²) in [7, 11) is 0. The quantitative estimate of drug-likeness (QED) is 0.478. The van der Waals surface area contributed by atoms with Crippen LogP contribution in [0.1, 0.15) is 12.0 Å². The van der Waals surface area contributed by atoms with Crippen LogP contribution >= 0.6 is 0 Å². The molecule has 0 unspecified atom stereocenters. The number of rotatable bonds is 6. The second-order valence-corrected chi connectivity index (χ2v) is 6.36. The summed E-state index contributed by atoms with van der Waals surface area (Å²) in [5, 5.41) is 0.331. The third kappa shape index (κ3) is 4.50. The molecule has 3 aromatic rings. The van der Waals surface area contributed by atoms with Crippen LogP contribution in [0.2, 0.25) is 0 Å². The van der Waals surface area contributed by atoms with Crippen LogP contribution in [-0.2, 0) is 28.8 Å². The van der Waals surface area contributed by atoms with Crippen LogP contribution in [0, 0.1) is 0 Å². The molecule has 0 fully saturated rings. The minimum absolute atomic E-state index is 0.0320. The van der Waals surface area contributed by atoms with E-state index in [2.05, 4.69) is 4.98 Å². The van der Waals surface area contributed by atoms with Crippen molar-refractivity contribution < 1.29 is 22.7 Å². The largest absolute Gasteiger partial charge is 0.464 e. The van der Waals surface area contributed by atoms with E-state index in [4.69, 9.17) is 4.74 Å². The highest BCUT2D eigenvalue weighted by Crippen LogP contribution is 2.25. The lowest BCUT2D eigenvalue weighted by Crippen LogP contribution is -2.35. The second kappa shape index (κ2) is 8.39. The third-order valence-electron chi connectivity index (χ3n) is 4.30. The molecule has 2 aromatic heterocycles. The Morgan fingerprint density at radius 1 is 1.03 bits per heavy atom. The second-order valence-electron chi connectivity index (χ2n) is 6.36. The van der Waals surface area contributed by atoms with E-state index < -0.39 is 41.1 Å². The number of aromatic nitrogens is 3. The van der Waals surface area contributed by atoms with Gasteiger partial charge in [0.05, 0.1) is 17.5 Å². The zero-order chi connectivity index (χ0) is 21.9. The molecule has 0 aliphatic rings. The lowest BCUT2D eigenvalue weighted by atomic mass is 10.2. The van der Waals surface area contributed by atoms with Crippen LogP contribution < -0.4 is 16.8 Å². The maximum atomic E-state index is 12.8. The molecule has 0 saturated heterocycles. The zero-order valence-electron chi connectivity index (χ0n) is 15.4. The molecule has 0 spiro atoms. The summed E-state index contributed by atoms with van der Waals surface area (Å²) in [6, 6.07) is 8.14. The van der Waals surface area contributed by atoms with Gasteiger partial charge in [0.1, 0.15) is 12.1 Å². The minimum atomic E-state index is -4.83. The lowest BCUT2D eigenvalue weighted by molar-refractivity contribution is -0.145. The van der Waals surface area contributed by atoms with Crippen molar-refractivity contribution in [2.24, 2.45) is 0 Å². The first-order valence-electron chi connectivity index (χ1n) is 8.82. The summed E-state index contributed by atoms with van der Waals surface area (Å²) in [6.45, 7) is -0.916. The monoisotopic (exact) mass is 423 g/mol. The Kier molecular flexibility index (Phi) is 5.90. The Bertz CT molecular complexity index is 1260. The first kappa shape index (κ1) is 21.1. The van der Waals surface area contributed by atoms with Crippen molar-refractivity contribution in [3.8, 4) is 0 Å². The number of hydrogen-bond acceptors (Lipinski definition) is 5. The van der Waals surface area contributed by atoms with Crippen molar-refractivity contribution in [3.63, 3.8) is 0 Å². The number of aromatic amines is 1. The van der Waals surface area contributed by atoms with Gasteiger partial charge in [0, 0.05) is 12.7 Å². The topological polar surface area (TPSA) is 103 Å². The van der Waals surface area contributed by atoms with E-state index in [1.807, 2.05) is 0 Å². The molecule has 0 aliphatic heterocycles. The maximum Gasteiger partial charge on any atom is 0.421 e. The standard InChI is InChI=1S/C19H16F3N3O5/c20-19(21,22)13-6-3-8-24(17(13)28)11-15(26)30-10-4-9-25-16(27)12-5-1-2-7-14(12)23-18(25)29/h1-3,5-8H,4,9-11H2,(H,23,29). The van der Waals surface area contributed by atoms with E-state index in [9.17, 15) is 32.3 Å². The molecule has 0 radical (unpaired) electrons. The lowest BCUT2D eigenvalue weighted by Gasteiger charge is -2.10. The van der Waals surface area contributed by atoms with Gasteiger partial charge in [-0.25, -0.2) is 4.79 Å². The molecule has 30 heavy (non-hydrogen) atoms. The molecular formula is C19H16F3N3O5. The number of esters is 1. The molecule has 0 amide bonds. The summed E-state index contributed by atoms with van der Waals surface area (Å²) in [5.41, 5.74) is -3.43. The van der Waals surface area contributed by atoms with Gasteiger partial charge >= 0.3 is 17.8 Å². The molecule has 0 aliphatic carbocycles. The molecule has 2 heterocycles. The number of pyridine rings is 1. The molecule has 3 rings (SSSR count). The van der Waals surface area contributed by atoms with Gasteiger partial charge in [-0.05, 0) is 30.7 Å². The Morgan fingerprint density at radius 3 is 2.50 bits per heavy atom. The average molecular weight is 423 g/mol. The smallest absolute Gasteiger partial charge is 0.421 e. The van der Waals surface area contributed by atoms with Crippen molar-refractivity contribution in [3.05, 3.63) is 79.4 Å². The van der Waals surface area contributed by atoms with E-state index in [-0.39, 0.29) is 19.6 Å². The van der Waals surface area contributed by atoms with Crippen LogP contribution in [-0.4, -0.2) is 26.7 Å².